The average molecular weight is 370 g/mol. The molecular weight excluding hydrogens is 348 g/mol. The normalized spacial score (nSPS) is 19.6. The number of pyridine rings is 1. The molecule has 1 N–H and O–H groups in total. The highest BCUT2D eigenvalue weighted by Crippen LogP contribution is 2.22. The summed E-state index contributed by atoms with van der Waals surface area (Å²) in [5, 5.41) is 13.8. The molecule has 1 aromatic heterocycles. The van der Waals surface area contributed by atoms with E-state index in [1.54, 1.807) is 31.3 Å². The quantitative estimate of drug-likeness (QED) is 0.656. The van der Waals surface area contributed by atoms with Crippen molar-refractivity contribution in [1.82, 2.24) is 4.98 Å². The minimum absolute atomic E-state index is 0.0771. The second kappa shape index (κ2) is 7.71. The van der Waals surface area contributed by atoms with Crippen molar-refractivity contribution in [3.8, 4) is 0 Å². The van der Waals surface area contributed by atoms with Crippen molar-refractivity contribution in [2.24, 2.45) is 0 Å². The number of nitro benzene ring substituents is 1. The second-order valence-electron chi connectivity index (χ2n) is 6.78. The zero-order valence-electron chi connectivity index (χ0n) is 15.5. The summed E-state index contributed by atoms with van der Waals surface area (Å²) in [5.74, 6) is 0.405. The fraction of sp³-hybridized carbons (Fsp3) is 0.368. The van der Waals surface area contributed by atoms with Crippen LogP contribution < -0.4 is 10.2 Å². The topological polar surface area (TPSA) is 97.6 Å². The summed E-state index contributed by atoms with van der Waals surface area (Å²) in [6.45, 7) is 7.21. The van der Waals surface area contributed by atoms with Gasteiger partial charge in [0.15, 0.2) is 0 Å². The van der Waals surface area contributed by atoms with Gasteiger partial charge >= 0.3 is 0 Å². The third kappa shape index (κ3) is 4.40. The summed E-state index contributed by atoms with van der Waals surface area (Å²) in [7, 11) is 0. The summed E-state index contributed by atoms with van der Waals surface area (Å²) in [4.78, 5) is 29.5. The van der Waals surface area contributed by atoms with Crippen LogP contribution in [-0.2, 0) is 4.74 Å². The van der Waals surface area contributed by atoms with Gasteiger partial charge in [0, 0.05) is 30.3 Å². The molecule has 0 saturated carbocycles. The third-order valence-corrected chi connectivity index (χ3v) is 4.42. The van der Waals surface area contributed by atoms with E-state index < -0.39 is 10.8 Å². The second-order valence-corrected chi connectivity index (χ2v) is 6.78. The van der Waals surface area contributed by atoms with Crippen LogP contribution in [0, 0.1) is 17.0 Å². The molecule has 2 unspecified atom stereocenters. The lowest BCUT2D eigenvalue weighted by Gasteiger charge is -2.36. The van der Waals surface area contributed by atoms with Gasteiger partial charge in [-0.1, -0.05) is 6.07 Å². The van der Waals surface area contributed by atoms with Crippen LogP contribution in [0.2, 0.25) is 0 Å². The van der Waals surface area contributed by atoms with E-state index in [-0.39, 0.29) is 23.5 Å². The van der Waals surface area contributed by atoms with E-state index in [4.69, 9.17) is 4.74 Å². The molecular formula is C19H22N4O4. The van der Waals surface area contributed by atoms with E-state index in [1.807, 2.05) is 19.9 Å². The molecule has 2 heterocycles. The van der Waals surface area contributed by atoms with E-state index in [0.29, 0.717) is 11.3 Å². The smallest absolute Gasteiger partial charge is 0.273 e. The molecule has 2 atom stereocenters. The molecule has 3 rings (SSSR count). The molecule has 1 fully saturated rings. The van der Waals surface area contributed by atoms with E-state index in [9.17, 15) is 14.9 Å². The first-order valence-electron chi connectivity index (χ1n) is 8.76. The van der Waals surface area contributed by atoms with Gasteiger partial charge in [-0.3, -0.25) is 14.9 Å². The first kappa shape index (κ1) is 18.8. The van der Waals surface area contributed by atoms with Crippen LogP contribution in [0.1, 0.15) is 29.8 Å². The summed E-state index contributed by atoms with van der Waals surface area (Å²) < 4.78 is 5.72. The van der Waals surface area contributed by atoms with Crippen molar-refractivity contribution in [3.63, 3.8) is 0 Å². The Balaban J connectivity index is 1.70. The zero-order valence-corrected chi connectivity index (χ0v) is 15.5. The van der Waals surface area contributed by atoms with Gasteiger partial charge in [-0.25, -0.2) is 4.98 Å². The van der Waals surface area contributed by atoms with Crippen molar-refractivity contribution in [2.45, 2.75) is 33.0 Å². The third-order valence-electron chi connectivity index (χ3n) is 4.42. The number of carbonyl (C=O) groups is 1. The van der Waals surface area contributed by atoms with Crippen LogP contribution in [-0.4, -0.2) is 41.1 Å². The molecule has 1 saturated heterocycles. The van der Waals surface area contributed by atoms with Crippen molar-refractivity contribution >= 4 is 23.1 Å². The number of nitro groups is 1. The van der Waals surface area contributed by atoms with Gasteiger partial charge in [-0.2, -0.15) is 0 Å². The number of nitrogens with zero attached hydrogens (tertiary/aromatic N) is 3. The molecule has 1 aliphatic heterocycles. The number of ether oxygens (including phenoxy) is 1. The standard InChI is InChI=1S/C19H22N4O4/c1-12-4-5-15(8-17(12)23(25)26)19(24)21-16-6-7-18(20-9-16)22-10-13(2)27-14(3)11-22/h4-9,13-14H,10-11H2,1-3H3,(H,21,24). The first-order chi connectivity index (χ1) is 12.8. The molecule has 27 heavy (non-hydrogen) atoms. The van der Waals surface area contributed by atoms with E-state index >= 15 is 0 Å². The van der Waals surface area contributed by atoms with Crippen molar-refractivity contribution in [2.75, 3.05) is 23.3 Å². The number of anilines is 2. The molecule has 1 amide bonds. The van der Waals surface area contributed by atoms with Crippen molar-refractivity contribution in [1.29, 1.82) is 0 Å². The Labute approximate surface area is 157 Å². The molecule has 1 aromatic carbocycles. The van der Waals surface area contributed by atoms with Crippen LogP contribution in [0.4, 0.5) is 17.2 Å². The van der Waals surface area contributed by atoms with E-state index in [2.05, 4.69) is 15.2 Å². The predicted octanol–water partition coefficient (Wildman–Crippen LogP) is 3.16. The highest BCUT2D eigenvalue weighted by atomic mass is 16.6. The Morgan fingerprint density at radius 1 is 1.26 bits per heavy atom. The van der Waals surface area contributed by atoms with Crippen molar-refractivity contribution < 1.29 is 14.5 Å². The maximum Gasteiger partial charge on any atom is 0.273 e. The number of aryl methyl sites for hydroxylation is 1. The SMILES string of the molecule is Cc1ccc(C(=O)Nc2ccc(N3CC(C)OC(C)C3)nc2)cc1[N+](=O)[O-]. The molecule has 0 bridgehead atoms. The Kier molecular flexibility index (Phi) is 5.36. The van der Waals surface area contributed by atoms with Crippen LogP contribution >= 0.6 is 0 Å². The molecule has 0 spiro atoms. The number of nitrogens with one attached hydrogen (secondary N) is 1. The maximum absolute atomic E-state index is 12.4. The number of aromatic nitrogens is 1. The average Bonchev–Trinajstić information content (AvgIpc) is 2.61. The molecule has 0 aliphatic carbocycles. The number of hydrogen-bond acceptors (Lipinski definition) is 6. The zero-order chi connectivity index (χ0) is 19.6. The maximum atomic E-state index is 12.4. The van der Waals surface area contributed by atoms with Crippen LogP contribution in [0.25, 0.3) is 0 Å². The van der Waals surface area contributed by atoms with Gasteiger partial charge in [0.2, 0.25) is 0 Å². The molecule has 8 nitrogen and oxygen atoms in total. The number of carbonyl (C=O) groups excluding carboxylic acids is 1. The summed E-state index contributed by atoms with van der Waals surface area (Å²) in [5.41, 5.74) is 1.19. The Morgan fingerprint density at radius 3 is 2.56 bits per heavy atom. The molecule has 0 radical (unpaired) electrons. The van der Waals surface area contributed by atoms with Gasteiger partial charge in [0.1, 0.15) is 5.82 Å². The minimum Gasteiger partial charge on any atom is -0.372 e. The van der Waals surface area contributed by atoms with Gasteiger partial charge in [0.25, 0.3) is 11.6 Å². The van der Waals surface area contributed by atoms with Crippen molar-refractivity contribution in [3.05, 3.63) is 57.8 Å². The lowest BCUT2D eigenvalue weighted by molar-refractivity contribution is -0.385. The lowest BCUT2D eigenvalue weighted by atomic mass is 10.1. The van der Waals surface area contributed by atoms with Crippen LogP contribution in [0.15, 0.2) is 36.5 Å². The lowest BCUT2D eigenvalue weighted by Crippen LogP contribution is -2.45. The largest absolute Gasteiger partial charge is 0.372 e. The number of benzene rings is 1. The van der Waals surface area contributed by atoms with Gasteiger partial charge in [-0.15, -0.1) is 0 Å². The summed E-state index contributed by atoms with van der Waals surface area (Å²) in [6, 6.07) is 8.03. The number of hydrogen-bond donors (Lipinski definition) is 1. The van der Waals surface area contributed by atoms with Crippen LogP contribution in [0.3, 0.4) is 0 Å². The Hall–Kier alpha value is -3.00. The highest BCUT2D eigenvalue weighted by molar-refractivity contribution is 6.04. The van der Waals surface area contributed by atoms with Gasteiger partial charge in [-0.05, 0) is 39.0 Å². The Bertz CT molecular complexity index is 843. The highest BCUT2D eigenvalue weighted by Gasteiger charge is 2.23. The van der Waals surface area contributed by atoms with Gasteiger partial charge < -0.3 is 15.0 Å². The summed E-state index contributed by atoms with van der Waals surface area (Å²) in [6.07, 6.45) is 1.85. The van der Waals surface area contributed by atoms with E-state index in [1.165, 1.54) is 6.07 Å². The number of amides is 1. The Morgan fingerprint density at radius 2 is 1.96 bits per heavy atom. The predicted molar refractivity (Wildman–Crippen MR) is 102 cm³/mol. The number of morpholine rings is 1. The number of rotatable bonds is 4. The monoisotopic (exact) mass is 370 g/mol. The van der Waals surface area contributed by atoms with Crippen LogP contribution in [0.5, 0.6) is 0 Å². The molecule has 142 valence electrons. The summed E-state index contributed by atoms with van der Waals surface area (Å²) >= 11 is 0. The fourth-order valence-corrected chi connectivity index (χ4v) is 3.16. The van der Waals surface area contributed by atoms with E-state index in [0.717, 1.165) is 18.9 Å². The molecule has 2 aromatic rings. The van der Waals surface area contributed by atoms with Gasteiger partial charge in [0.05, 0.1) is 29.0 Å². The minimum atomic E-state index is -0.493. The fourth-order valence-electron chi connectivity index (χ4n) is 3.16. The molecule has 8 heteroatoms. The first-order valence-corrected chi connectivity index (χ1v) is 8.76. The molecule has 1 aliphatic rings.